The van der Waals surface area contributed by atoms with E-state index < -0.39 is 0 Å². The minimum atomic E-state index is -0.269. The monoisotopic (exact) mass is 434 g/mol. The zero-order valence-corrected chi connectivity index (χ0v) is 18.6. The van der Waals surface area contributed by atoms with Crippen molar-refractivity contribution in [2.24, 2.45) is 17.3 Å². The summed E-state index contributed by atoms with van der Waals surface area (Å²) in [5.41, 5.74) is 5.95. The van der Waals surface area contributed by atoms with Gasteiger partial charge in [-0.3, -0.25) is 9.78 Å². The molecular formula is C27H31FN2O2. The first-order valence-electron chi connectivity index (χ1n) is 11.8. The van der Waals surface area contributed by atoms with Crippen LogP contribution >= 0.6 is 0 Å². The number of benzene rings is 1. The van der Waals surface area contributed by atoms with E-state index in [9.17, 15) is 9.18 Å². The van der Waals surface area contributed by atoms with Gasteiger partial charge in [0.25, 0.3) is 0 Å². The first kappa shape index (κ1) is 21.3. The van der Waals surface area contributed by atoms with Crippen molar-refractivity contribution in [2.75, 3.05) is 11.9 Å². The van der Waals surface area contributed by atoms with Crippen molar-refractivity contribution < 1.29 is 14.3 Å². The van der Waals surface area contributed by atoms with Gasteiger partial charge in [0.1, 0.15) is 5.82 Å². The maximum absolute atomic E-state index is 13.8. The lowest BCUT2D eigenvalue weighted by molar-refractivity contribution is -0.116. The number of rotatable bonds is 5. The Morgan fingerprint density at radius 3 is 2.97 bits per heavy atom. The highest BCUT2D eigenvalue weighted by Crippen LogP contribution is 2.63. The van der Waals surface area contributed by atoms with E-state index in [1.54, 1.807) is 12.3 Å². The molecule has 1 heterocycles. The van der Waals surface area contributed by atoms with Crippen LogP contribution in [-0.2, 0) is 11.2 Å². The van der Waals surface area contributed by atoms with Crippen molar-refractivity contribution >= 4 is 17.2 Å². The number of pyridine rings is 1. The van der Waals surface area contributed by atoms with Crippen LogP contribution in [0.25, 0.3) is 5.57 Å². The van der Waals surface area contributed by atoms with Crippen molar-refractivity contribution in [3.8, 4) is 0 Å². The second kappa shape index (κ2) is 8.43. The Bertz CT molecular complexity index is 1070. The summed E-state index contributed by atoms with van der Waals surface area (Å²) in [7, 11) is 0. The lowest BCUT2D eigenvalue weighted by Gasteiger charge is -2.50. The predicted octanol–water partition coefficient (Wildman–Crippen LogP) is 5.48. The standard InChI is InChI=1S/C27H31FN2O2/c1-27-11-10-22-21-7-5-20(30-26(32)3-2-12-31)14-17(21)4-6-23(22)25(27)9-8-24(27)18-13-19(28)16-29-15-18/h5,7-8,13-16,22-23,25,31H,2-4,6,9-12H2,1H3,(H,30,32)/t22?,23?,25?,27-/m1/s1. The molecular weight excluding hydrogens is 403 g/mol. The predicted molar refractivity (Wildman–Crippen MR) is 124 cm³/mol. The molecule has 1 saturated carbocycles. The molecule has 3 unspecified atom stereocenters. The van der Waals surface area contributed by atoms with Crippen LogP contribution in [0.5, 0.6) is 0 Å². The van der Waals surface area contributed by atoms with E-state index in [-0.39, 0.29) is 23.7 Å². The van der Waals surface area contributed by atoms with Gasteiger partial charge in [0, 0.05) is 24.9 Å². The third-order valence-corrected chi connectivity index (χ3v) is 8.17. The first-order chi connectivity index (χ1) is 15.5. The van der Waals surface area contributed by atoms with E-state index in [2.05, 4.69) is 35.4 Å². The fourth-order valence-corrected chi connectivity index (χ4v) is 6.70. The Morgan fingerprint density at radius 1 is 1.28 bits per heavy atom. The van der Waals surface area contributed by atoms with Crippen LogP contribution in [0.4, 0.5) is 10.1 Å². The Hall–Kier alpha value is -2.53. The number of hydrogen-bond acceptors (Lipinski definition) is 3. The number of halogens is 1. The first-order valence-corrected chi connectivity index (χ1v) is 11.8. The Balaban J connectivity index is 1.35. The molecule has 5 heteroatoms. The summed E-state index contributed by atoms with van der Waals surface area (Å²) in [6.07, 6.45) is 11.7. The van der Waals surface area contributed by atoms with E-state index in [0.29, 0.717) is 30.6 Å². The molecule has 5 rings (SSSR count). The van der Waals surface area contributed by atoms with Crippen LogP contribution in [0.2, 0.25) is 0 Å². The van der Waals surface area contributed by atoms with Gasteiger partial charge in [-0.25, -0.2) is 4.39 Å². The molecule has 2 aromatic rings. The van der Waals surface area contributed by atoms with E-state index in [1.165, 1.54) is 22.9 Å². The summed E-state index contributed by atoms with van der Waals surface area (Å²) >= 11 is 0. The van der Waals surface area contributed by atoms with Crippen LogP contribution < -0.4 is 5.32 Å². The molecule has 0 saturated heterocycles. The summed E-state index contributed by atoms with van der Waals surface area (Å²) in [5, 5.41) is 11.9. The van der Waals surface area contributed by atoms with E-state index in [0.717, 1.165) is 43.4 Å². The second-order valence-electron chi connectivity index (χ2n) is 9.91. The molecule has 1 fully saturated rings. The molecule has 0 spiro atoms. The fraction of sp³-hybridized carbons (Fsp3) is 0.481. The maximum atomic E-state index is 13.8. The third kappa shape index (κ3) is 3.66. The Labute approximate surface area is 189 Å². The number of anilines is 1. The molecule has 3 aliphatic carbocycles. The topological polar surface area (TPSA) is 62.2 Å². The van der Waals surface area contributed by atoms with Gasteiger partial charge in [-0.2, -0.15) is 0 Å². The molecule has 4 atom stereocenters. The second-order valence-corrected chi connectivity index (χ2v) is 9.91. The number of aliphatic hydroxyl groups excluding tert-OH is 1. The third-order valence-electron chi connectivity index (χ3n) is 8.17. The van der Waals surface area contributed by atoms with Crippen LogP contribution in [0.3, 0.4) is 0 Å². The summed E-state index contributed by atoms with van der Waals surface area (Å²) < 4.78 is 13.8. The average Bonchev–Trinajstić information content (AvgIpc) is 3.14. The van der Waals surface area contributed by atoms with Crippen LogP contribution in [0, 0.1) is 23.1 Å². The number of fused-ring (bicyclic) bond motifs is 5. The average molecular weight is 435 g/mol. The smallest absolute Gasteiger partial charge is 0.224 e. The quantitative estimate of drug-likeness (QED) is 0.655. The molecule has 0 bridgehead atoms. The summed E-state index contributed by atoms with van der Waals surface area (Å²) in [6.45, 7) is 2.41. The minimum absolute atomic E-state index is 0.0348. The molecule has 2 N–H and O–H groups in total. The molecule has 0 aliphatic heterocycles. The summed E-state index contributed by atoms with van der Waals surface area (Å²) in [4.78, 5) is 16.1. The highest BCUT2D eigenvalue weighted by Gasteiger charge is 2.51. The van der Waals surface area contributed by atoms with Gasteiger partial charge >= 0.3 is 0 Å². The Kier molecular flexibility index (Phi) is 5.62. The van der Waals surface area contributed by atoms with Crippen molar-refractivity contribution in [3.05, 3.63) is 65.2 Å². The zero-order valence-electron chi connectivity index (χ0n) is 18.6. The number of carbonyl (C=O) groups excluding carboxylic acids is 1. The molecule has 32 heavy (non-hydrogen) atoms. The van der Waals surface area contributed by atoms with Gasteiger partial charge in [0.15, 0.2) is 0 Å². The molecule has 3 aliphatic rings. The lowest BCUT2D eigenvalue weighted by Crippen LogP contribution is -2.40. The van der Waals surface area contributed by atoms with Gasteiger partial charge in [-0.05, 0) is 102 Å². The van der Waals surface area contributed by atoms with Gasteiger partial charge in [0.2, 0.25) is 5.91 Å². The van der Waals surface area contributed by atoms with Crippen LogP contribution in [-0.4, -0.2) is 22.6 Å². The minimum Gasteiger partial charge on any atom is -0.396 e. The summed E-state index contributed by atoms with van der Waals surface area (Å²) in [6, 6.07) is 8.02. The maximum Gasteiger partial charge on any atom is 0.224 e. The highest BCUT2D eigenvalue weighted by molar-refractivity contribution is 5.90. The number of nitrogens with one attached hydrogen (secondary N) is 1. The molecule has 1 aromatic heterocycles. The molecule has 4 nitrogen and oxygen atoms in total. The molecule has 1 aromatic carbocycles. The SMILES string of the molecule is C[C@]12CCC3c4ccc(NC(=O)CCCO)cc4CCC3C1CC=C2c1cncc(F)c1. The molecule has 168 valence electrons. The van der Waals surface area contributed by atoms with E-state index in [1.807, 2.05) is 6.07 Å². The number of aromatic nitrogens is 1. The van der Waals surface area contributed by atoms with Crippen molar-refractivity contribution in [1.29, 1.82) is 0 Å². The normalized spacial score (nSPS) is 28.3. The van der Waals surface area contributed by atoms with Crippen molar-refractivity contribution in [3.63, 3.8) is 0 Å². The van der Waals surface area contributed by atoms with E-state index >= 15 is 0 Å². The van der Waals surface area contributed by atoms with Crippen molar-refractivity contribution in [1.82, 2.24) is 4.98 Å². The highest BCUT2D eigenvalue weighted by atomic mass is 19.1. The lowest BCUT2D eigenvalue weighted by atomic mass is 9.54. The van der Waals surface area contributed by atoms with Gasteiger partial charge in [-0.15, -0.1) is 0 Å². The van der Waals surface area contributed by atoms with Gasteiger partial charge in [0.05, 0.1) is 6.20 Å². The fourth-order valence-electron chi connectivity index (χ4n) is 6.70. The number of nitrogens with zero attached hydrogens (tertiary/aromatic N) is 1. The molecule has 0 radical (unpaired) electrons. The van der Waals surface area contributed by atoms with Crippen LogP contribution in [0.15, 0.2) is 42.7 Å². The number of amides is 1. The number of allylic oxidation sites excluding steroid dienone is 2. The summed E-state index contributed by atoms with van der Waals surface area (Å²) in [5.74, 6) is 1.44. The number of carbonyl (C=O) groups is 1. The van der Waals surface area contributed by atoms with Gasteiger partial charge < -0.3 is 10.4 Å². The largest absolute Gasteiger partial charge is 0.396 e. The van der Waals surface area contributed by atoms with Crippen LogP contribution in [0.1, 0.15) is 68.1 Å². The van der Waals surface area contributed by atoms with Gasteiger partial charge in [-0.1, -0.05) is 19.1 Å². The number of aliphatic hydroxyl groups is 1. The molecule has 1 amide bonds. The zero-order chi connectivity index (χ0) is 22.3. The number of aryl methyl sites for hydroxylation is 1. The Morgan fingerprint density at radius 2 is 2.16 bits per heavy atom. The number of hydrogen-bond donors (Lipinski definition) is 2. The van der Waals surface area contributed by atoms with Crippen molar-refractivity contribution in [2.45, 2.75) is 57.8 Å². The van der Waals surface area contributed by atoms with E-state index in [4.69, 9.17) is 5.11 Å².